The molecule has 1 aliphatic rings. The SMILES string of the molecule is CCCC(C)c1nc(C2COCCN2)no1. The predicted molar refractivity (Wildman–Crippen MR) is 59.2 cm³/mol. The van der Waals surface area contributed by atoms with Crippen molar-refractivity contribution in [2.75, 3.05) is 19.8 Å². The summed E-state index contributed by atoms with van der Waals surface area (Å²) < 4.78 is 10.6. The fourth-order valence-electron chi connectivity index (χ4n) is 1.88. The van der Waals surface area contributed by atoms with Gasteiger partial charge in [0.15, 0.2) is 5.82 Å². The molecule has 0 amide bonds. The third-order valence-corrected chi connectivity index (χ3v) is 2.83. The van der Waals surface area contributed by atoms with Crippen LogP contribution in [0.15, 0.2) is 4.52 Å². The van der Waals surface area contributed by atoms with Crippen molar-refractivity contribution in [3.05, 3.63) is 11.7 Å². The molecule has 1 N–H and O–H groups in total. The summed E-state index contributed by atoms with van der Waals surface area (Å²) in [6.07, 6.45) is 2.21. The van der Waals surface area contributed by atoms with Crippen molar-refractivity contribution in [2.24, 2.45) is 0 Å². The van der Waals surface area contributed by atoms with Gasteiger partial charge in [-0.1, -0.05) is 25.4 Å². The van der Waals surface area contributed by atoms with Crippen LogP contribution in [0, 0.1) is 0 Å². The van der Waals surface area contributed by atoms with Crippen molar-refractivity contribution >= 4 is 0 Å². The summed E-state index contributed by atoms with van der Waals surface area (Å²) in [5, 5.41) is 7.32. The van der Waals surface area contributed by atoms with E-state index in [9.17, 15) is 0 Å². The Morgan fingerprint density at radius 1 is 1.56 bits per heavy atom. The molecule has 1 fully saturated rings. The number of morpholine rings is 1. The summed E-state index contributed by atoms with van der Waals surface area (Å²) in [4.78, 5) is 4.43. The lowest BCUT2D eigenvalue weighted by atomic mass is 10.1. The highest BCUT2D eigenvalue weighted by Crippen LogP contribution is 2.20. The Hall–Kier alpha value is -0.940. The van der Waals surface area contributed by atoms with Gasteiger partial charge in [0.25, 0.3) is 0 Å². The van der Waals surface area contributed by atoms with E-state index in [2.05, 4.69) is 29.3 Å². The fourth-order valence-corrected chi connectivity index (χ4v) is 1.88. The molecule has 2 atom stereocenters. The van der Waals surface area contributed by atoms with Crippen LogP contribution in [0.2, 0.25) is 0 Å². The van der Waals surface area contributed by atoms with Gasteiger partial charge in [0.2, 0.25) is 5.89 Å². The third-order valence-electron chi connectivity index (χ3n) is 2.83. The van der Waals surface area contributed by atoms with Gasteiger partial charge in [-0.2, -0.15) is 4.98 Å². The molecule has 5 nitrogen and oxygen atoms in total. The molecule has 90 valence electrons. The van der Waals surface area contributed by atoms with Crippen LogP contribution < -0.4 is 5.32 Å². The van der Waals surface area contributed by atoms with Crippen LogP contribution >= 0.6 is 0 Å². The first-order chi connectivity index (χ1) is 7.81. The fraction of sp³-hybridized carbons (Fsp3) is 0.818. The highest BCUT2D eigenvalue weighted by molar-refractivity contribution is 4.98. The van der Waals surface area contributed by atoms with Crippen molar-refractivity contribution in [2.45, 2.75) is 38.6 Å². The van der Waals surface area contributed by atoms with Gasteiger partial charge in [0.05, 0.1) is 19.3 Å². The minimum absolute atomic E-state index is 0.0834. The van der Waals surface area contributed by atoms with Crippen molar-refractivity contribution in [3.63, 3.8) is 0 Å². The molecule has 0 saturated carbocycles. The summed E-state index contributed by atoms with van der Waals surface area (Å²) in [7, 11) is 0. The predicted octanol–water partition coefficient (Wildman–Crippen LogP) is 1.63. The second kappa shape index (κ2) is 5.41. The summed E-state index contributed by atoms with van der Waals surface area (Å²) >= 11 is 0. The summed E-state index contributed by atoms with van der Waals surface area (Å²) in [6, 6.07) is 0.0834. The maximum absolute atomic E-state index is 5.37. The summed E-state index contributed by atoms with van der Waals surface area (Å²) in [6.45, 7) is 6.50. The molecule has 1 aromatic rings. The van der Waals surface area contributed by atoms with Gasteiger partial charge in [-0.05, 0) is 6.42 Å². The largest absolute Gasteiger partial charge is 0.378 e. The van der Waals surface area contributed by atoms with Crippen LogP contribution in [0.4, 0.5) is 0 Å². The number of hydrogen-bond donors (Lipinski definition) is 1. The molecule has 0 aromatic carbocycles. The molecule has 1 saturated heterocycles. The number of rotatable bonds is 4. The van der Waals surface area contributed by atoms with E-state index in [0.717, 1.165) is 37.7 Å². The van der Waals surface area contributed by atoms with Crippen LogP contribution in [0.1, 0.15) is 50.4 Å². The van der Waals surface area contributed by atoms with Crippen molar-refractivity contribution < 1.29 is 9.26 Å². The first kappa shape index (κ1) is 11.5. The van der Waals surface area contributed by atoms with E-state index >= 15 is 0 Å². The zero-order valence-electron chi connectivity index (χ0n) is 9.90. The van der Waals surface area contributed by atoms with Crippen LogP contribution in [-0.4, -0.2) is 29.9 Å². The van der Waals surface area contributed by atoms with Crippen molar-refractivity contribution in [1.29, 1.82) is 0 Å². The molecule has 0 spiro atoms. The van der Waals surface area contributed by atoms with E-state index in [1.54, 1.807) is 0 Å². The Bertz CT molecular complexity index is 321. The molecule has 0 bridgehead atoms. The number of nitrogens with zero attached hydrogens (tertiary/aromatic N) is 2. The van der Waals surface area contributed by atoms with E-state index in [-0.39, 0.29) is 6.04 Å². The molecule has 0 radical (unpaired) electrons. The lowest BCUT2D eigenvalue weighted by molar-refractivity contribution is 0.0734. The van der Waals surface area contributed by atoms with E-state index in [1.807, 2.05) is 0 Å². The monoisotopic (exact) mass is 225 g/mol. The second-order valence-corrected chi connectivity index (χ2v) is 4.26. The summed E-state index contributed by atoms with van der Waals surface area (Å²) in [5.41, 5.74) is 0. The van der Waals surface area contributed by atoms with E-state index < -0.39 is 0 Å². The van der Waals surface area contributed by atoms with Gasteiger partial charge in [-0.3, -0.25) is 0 Å². The van der Waals surface area contributed by atoms with E-state index in [1.165, 1.54) is 0 Å². The van der Waals surface area contributed by atoms with Crippen LogP contribution in [0.25, 0.3) is 0 Å². The maximum Gasteiger partial charge on any atom is 0.229 e. The van der Waals surface area contributed by atoms with Gasteiger partial charge in [0, 0.05) is 12.5 Å². The molecule has 1 aromatic heterocycles. The molecule has 5 heteroatoms. The standard InChI is InChI=1S/C11H19N3O2/c1-3-4-8(2)11-13-10(14-16-11)9-7-15-6-5-12-9/h8-9,12H,3-7H2,1-2H3. The Kier molecular flexibility index (Phi) is 3.90. The molecule has 2 heterocycles. The van der Waals surface area contributed by atoms with Crippen LogP contribution in [0.3, 0.4) is 0 Å². The summed E-state index contributed by atoms with van der Waals surface area (Å²) in [5.74, 6) is 1.80. The minimum Gasteiger partial charge on any atom is -0.378 e. The van der Waals surface area contributed by atoms with Gasteiger partial charge >= 0.3 is 0 Å². The van der Waals surface area contributed by atoms with Gasteiger partial charge in [-0.15, -0.1) is 0 Å². The van der Waals surface area contributed by atoms with Crippen LogP contribution in [0.5, 0.6) is 0 Å². The number of aromatic nitrogens is 2. The Labute approximate surface area is 95.6 Å². The Morgan fingerprint density at radius 2 is 2.44 bits per heavy atom. The first-order valence-corrected chi connectivity index (χ1v) is 5.96. The quantitative estimate of drug-likeness (QED) is 0.844. The average molecular weight is 225 g/mol. The lowest BCUT2D eigenvalue weighted by Crippen LogP contribution is -2.35. The van der Waals surface area contributed by atoms with Gasteiger partial charge in [0.1, 0.15) is 0 Å². The van der Waals surface area contributed by atoms with Gasteiger partial charge < -0.3 is 14.6 Å². The smallest absolute Gasteiger partial charge is 0.229 e. The zero-order chi connectivity index (χ0) is 11.4. The Balaban J connectivity index is 2.00. The molecule has 16 heavy (non-hydrogen) atoms. The number of hydrogen-bond acceptors (Lipinski definition) is 5. The first-order valence-electron chi connectivity index (χ1n) is 5.96. The molecular weight excluding hydrogens is 206 g/mol. The molecule has 1 aliphatic heterocycles. The van der Waals surface area contributed by atoms with E-state index in [4.69, 9.17) is 9.26 Å². The Morgan fingerprint density at radius 3 is 3.12 bits per heavy atom. The average Bonchev–Trinajstić information content (AvgIpc) is 2.80. The van der Waals surface area contributed by atoms with Crippen molar-refractivity contribution in [3.8, 4) is 0 Å². The van der Waals surface area contributed by atoms with Crippen molar-refractivity contribution in [1.82, 2.24) is 15.5 Å². The second-order valence-electron chi connectivity index (χ2n) is 4.26. The maximum atomic E-state index is 5.37. The molecular formula is C11H19N3O2. The normalized spacial score (nSPS) is 23.2. The molecule has 2 rings (SSSR count). The van der Waals surface area contributed by atoms with Gasteiger partial charge in [-0.25, -0.2) is 0 Å². The number of ether oxygens (including phenoxy) is 1. The van der Waals surface area contributed by atoms with Crippen LogP contribution in [-0.2, 0) is 4.74 Å². The lowest BCUT2D eigenvalue weighted by Gasteiger charge is -2.20. The topological polar surface area (TPSA) is 60.2 Å². The number of nitrogens with one attached hydrogen (secondary N) is 1. The molecule has 2 unspecified atom stereocenters. The van der Waals surface area contributed by atoms with E-state index in [0.29, 0.717) is 12.5 Å². The molecule has 0 aliphatic carbocycles. The third kappa shape index (κ3) is 2.59. The highest BCUT2D eigenvalue weighted by atomic mass is 16.5. The highest BCUT2D eigenvalue weighted by Gasteiger charge is 2.22. The zero-order valence-corrected chi connectivity index (χ0v) is 9.90. The minimum atomic E-state index is 0.0834.